The van der Waals surface area contributed by atoms with Crippen LogP contribution in [0.2, 0.25) is 0 Å². The summed E-state index contributed by atoms with van der Waals surface area (Å²) < 4.78 is 0. The summed E-state index contributed by atoms with van der Waals surface area (Å²) in [5, 5.41) is 20.9. The molecule has 0 aromatic rings. The number of rotatable bonds is 1. The monoisotopic (exact) mass is 320 g/mol. The van der Waals surface area contributed by atoms with Crippen molar-refractivity contribution >= 4 is 5.78 Å². The molecule has 23 heavy (non-hydrogen) atoms. The predicted molar refractivity (Wildman–Crippen MR) is 88.7 cm³/mol. The Balaban J connectivity index is 1.68. The molecule has 0 saturated heterocycles. The van der Waals surface area contributed by atoms with E-state index in [0.29, 0.717) is 35.9 Å². The van der Waals surface area contributed by atoms with Crippen LogP contribution in [0.4, 0.5) is 0 Å². The van der Waals surface area contributed by atoms with Crippen molar-refractivity contribution in [1.82, 2.24) is 0 Å². The van der Waals surface area contributed by atoms with Gasteiger partial charge >= 0.3 is 0 Å². The van der Waals surface area contributed by atoms with Crippen molar-refractivity contribution in [3.8, 4) is 0 Å². The fraction of sp³-hybridized carbons (Fsp3) is 0.950. The number of fused-ring (bicyclic) bond motifs is 5. The van der Waals surface area contributed by atoms with E-state index in [2.05, 4.69) is 13.8 Å². The van der Waals surface area contributed by atoms with Crippen LogP contribution >= 0.6 is 0 Å². The van der Waals surface area contributed by atoms with Gasteiger partial charge in [0.25, 0.3) is 0 Å². The van der Waals surface area contributed by atoms with E-state index < -0.39 is 0 Å². The SMILES string of the molecule is C[C@H]1C[C@@]2(CO)[C@H](CC[C@H]3[C@@H]4CC[C@H](O)[C@@]4(C)CC[C@@H]32)CC1=O. The number of hydrogen-bond donors (Lipinski definition) is 2. The molecular weight excluding hydrogens is 288 g/mol. The Bertz CT molecular complexity index is 503. The fourth-order valence-electron chi connectivity index (χ4n) is 7.42. The van der Waals surface area contributed by atoms with Crippen molar-refractivity contribution < 1.29 is 15.0 Å². The fourth-order valence-corrected chi connectivity index (χ4v) is 7.42. The molecule has 8 atom stereocenters. The minimum Gasteiger partial charge on any atom is -0.396 e. The van der Waals surface area contributed by atoms with Crippen LogP contribution in [0.1, 0.15) is 65.2 Å². The Labute approximate surface area is 139 Å². The van der Waals surface area contributed by atoms with Crippen molar-refractivity contribution in [2.45, 2.75) is 71.3 Å². The molecule has 0 unspecified atom stereocenters. The summed E-state index contributed by atoms with van der Waals surface area (Å²) in [5.74, 6) is 2.75. The molecule has 3 heteroatoms. The lowest BCUT2D eigenvalue weighted by molar-refractivity contribution is -0.162. The largest absolute Gasteiger partial charge is 0.396 e. The van der Waals surface area contributed by atoms with Crippen molar-refractivity contribution in [2.24, 2.45) is 40.4 Å². The number of aliphatic hydroxyl groups excluding tert-OH is 2. The van der Waals surface area contributed by atoms with Gasteiger partial charge in [-0.15, -0.1) is 0 Å². The Morgan fingerprint density at radius 1 is 1.13 bits per heavy atom. The normalized spacial score (nSPS) is 55.9. The molecule has 0 aromatic heterocycles. The third-order valence-corrected chi connectivity index (χ3v) is 8.76. The highest BCUT2D eigenvalue weighted by Gasteiger charge is 2.61. The van der Waals surface area contributed by atoms with Gasteiger partial charge in [-0.3, -0.25) is 4.79 Å². The van der Waals surface area contributed by atoms with Crippen LogP contribution in [0.15, 0.2) is 0 Å². The summed E-state index contributed by atoms with van der Waals surface area (Å²) in [6.07, 6.45) is 8.07. The third-order valence-electron chi connectivity index (χ3n) is 8.76. The molecule has 4 aliphatic rings. The number of hydrogen-bond acceptors (Lipinski definition) is 3. The number of aliphatic hydroxyl groups is 2. The molecule has 0 aromatic carbocycles. The van der Waals surface area contributed by atoms with Gasteiger partial charge in [0.15, 0.2) is 0 Å². The van der Waals surface area contributed by atoms with Crippen molar-refractivity contribution in [1.29, 1.82) is 0 Å². The molecule has 4 fully saturated rings. The average Bonchev–Trinajstić information content (AvgIpc) is 2.84. The molecule has 0 radical (unpaired) electrons. The Morgan fingerprint density at radius 3 is 2.65 bits per heavy atom. The van der Waals surface area contributed by atoms with Gasteiger partial charge in [0.1, 0.15) is 5.78 Å². The van der Waals surface area contributed by atoms with Crippen LogP contribution in [-0.2, 0) is 4.79 Å². The molecule has 0 aliphatic heterocycles. The van der Waals surface area contributed by atoms with Gasteiger partial charge in [-0.05, 0) is 74.0 Å². The lowest BCUT2D eigenvalue weighted by atomic mass is 9.44. The minimum atomic E-state index is -0.136. The first-order chi connectivity index (χ1) is 10.9. The zero-order chi connectivity index (χ0) is 16.4. The van der Waals surface area contributed by atoms with E-state index in [9.17, 15) is 15.0 Å². The van der Waals surface area contributed by atoms with Crippen LogP contribution < -0.4 is 0 Å². The summed E-state index contributed by atoms with van der Waals surface area (Å²) in [4.78, 5) is 12.2. The van der Waals surface area contributed by atoms with E-state index in [1.807, 2.05) is 0 Å². The lowest BCUT2D eigenvalue weighted by Crippen LogP contribution is -2.57. The first-order valence-corrected chi connectivity index (χ1v) is 9.74. The average molecular weight is 320 g/mol. The maximum atomic E-state index is 12.2. The van der Waals surface area contributed by atoms with E-state index >= 15 is 0 Å². The highest BCUT2D eigenvalue weighted by atomic mass is 16.3. The highest BCUT2D eigenvalue weighted by Crippen LogP contribution is 2.66. The molecule has 2 N–H and O–H groups in total. The second-order valence-electron chi connectivity index (χ2n) is 9.46. The van der Waals surface area contributed by atoms with Crippen LogP contribution in [0, 0.1) is 40.4 Å². The second kappa shape index (κ2) is 5.29. The zero-order valence-corrected chi connectivity index (χ0v) is 14.6. The van der Waals surface area contributed by atoms with E-state index in [-0.39, 0.29) is 29.5 Å². The maximum absolute atomic E-state index is 12.2. The Kier molecular flexibility index (Phi) is 3.70. The van der Waals surface area contributed by atoms with Crippen molar-refractivity contribution in [3.05, 3.63) is 0 Å². The lowest BCUT2D eigenvalue weighted by Gasteiger charge is -2.61. The van der Waals surface area contributed by atoms with Gasteiger partial charge in [-0.2, -0.15) is 0 Å². The molecule has 4 aliphatic carbocycles. The first-order valence-electron chi connectivity index (χ1n) is 9.74. The third kappa shape index (κ3) is 2.05. The van der Waals surface area contributed by atoms with E-state index in [1.165, 1.54) is 6.42 Å². The van der Waals surface area contributed by atoms with Gasteiger partial charge < -0.3 is 10.2 Å². The topological polar surface area (TPSA) is 57.5 Å². The maximum Gasteiger partial charge on any atom is 0.136 e. The summed E-state index contributed by atoms with van der Waals surface area (Å²) >= 11 is 0. The number of ketones is 1. The molecule has 0 amide bonds. The molecule has 3 nitrogen and oxygen atoms in total. The molecule has 0 bridgehead atoms. The van der Waals surface area contributed by atoms with E-state index in [4.69, 9.17) is 0 Å². The summed E-state index contributed by atoms with van der Waals surface area (Å²) in [6.45, 7) is 4.62. The summed E-state index contributed by atoms with van der Waals surface area (Å²) in [6, 6.07) is 0. The smallest absolute Gasteiger partial charge is 0.136 e. The van der Waals surface area contributed by atoms with Crippen molar-refractivity contribution in [3.63, 3.8) is 0 Å². The molecule has 0 spiro atoms. The van der Waals surface area contributed by atoms with Crippen LogP contribution in [0.25, 0.3) is 0 Å². The molecule has 0 heterocycles. The Morgan fingerprint density at radius 2 is 1.91 bits per heavy atom. The van der Waals surface area contributed by atoms with E-state index in [1.54, 1.807) is 0 Å². The highest BCUT2D eigenvalue weighted by molar-refractivity contribution is 5.82. The van der Waals surface area contributed by atoms with Crippen LogP contribution in [0.3, 0.4) is 0 Å². The van der Waals surface area contributed by atoms with Gasteiger partial charge in [0, 0.05) is 24.4 Å². The summed E-state index contributed by atoms with van der Waals surface area (Å²) in [7, 11) is 0. The standard InChI is InChI=1S/C20H32O3/c1-12-10-20(11-21)13(9-17(12)22)3-4-14-15-5-6-18(23)19(15,2)8-7-16(14)20/h12-16,18,21,23H,3-11H2,1-2H3/t12-,13+,14-,15-,16-,18-,19-,20+/m0/s1. The number of carbonyl (C=O) groups excluding carboxylic acids is 1. The number of Topliss-reactive ketones (excluding diaryl/α,β-unsaturated/α-hetero) is 1. The second-order valence-corrected chi connectivity index (χ2v) is 9.46. The van der Waals surface area contributed by atoms with Gasteiger partial charge in [-0.1, -0.05) is 13.8 Å². The van der Waals surface area contributed by atoms with Gasteiger partial charge in [0.2, 0.25) is 0 Å². The molecule has 4 saturated carbocycles. The number of carbonyl (C=O) groups is 1. The molecular formula is C20H32O3. The van der Waals surface area contributed by atoms with Crippen molar-refractivity contribution in [2.75, 3.05) is 6.61 Å². The Hall–Kier alpha value is -0.410. The van der Waals surface area contributed by atoms with E-state index in [0.717, 1.165) is 38.5 Å². The first kappa shape index (κ1) is 16.1. The quantitative estimate of drug-likeness (QED) is 0.780. The molecule has 130 valence electrons. The van der Waals surface area contributed by atoms with Crippen LogP contribution in [-0.4, -0.2) is 28.7 Å². The minimum absolute atomic E-state index is 0.0227. The van der Waals surface area contributed by atoms with Gasteiger partial charge in [-0.25, -0.2) is 0 Å². The molecule has 4 rings (SSSR count). The zero-order valence-electron chi connectivity index (χ0n) is 14.6. The predicted octanol–water partition coefficient (Wildman–Crippen LogP) is 3.18. The van der Waals surface area contributed by atoms with Crippen LogP contribution in [0.5, 0.6) is 0 Å². The summed E-state index contributed by atoms with van der Waals surface area (Å²) in [5.41, 5.74) is 0.0753. The van der Waals surface area contributed by atoms with Gasteiger partial charge in [0.05, 0.1) is 6.10 Å².